The van der Waals surface area contributed by atoms with Gasteiger partial charge in [0.05, 0.1) is 4.90 Å². The molecule has 2 aliphatic carbocycles. The Kier molecular flexibility index (Phi) is 3.27. The number of sulfonamides is 1. The van der Waals surface area contributed by atoms with E-state index in [1.165, 1.54) is 37.5 Å². The van der Waals surface area contributed by atoms with Gasteiger partial charge in [0, 0.05) is 6.54 Å². The molecular formula is C14H19NO3S. The van der Waals surface area contributed by atoms with Crippen molar-refractivity contribution in [3.05, 3.63) is 24.3 Å². The summed E-state index contributed by atoms with van der Waals surface area (Å²) >= 11 is 0. The molecule has 104 valence electrons. The standard InChI is InChI=1S/C14H19NO3S/c16-13-2-1-3-14(8-13)19(17,18)15-9-12-7-10-4-5-11(12)6-10/h1-3,8,10-12,15-16H,4-7,9H2. The van der Waals surface area contributed by atoms with E-state index in [0.29, 0.717) is 18.4 Å². The number of nitrogens with one attached hydrogen (secondary N) is 1. The predicted octanol–water partition coefficient (Wildman–Crippen LogP) is 2.11. The molecular weight excluding hydrogens is 262 g/mol. The van der Waals surface area contributed by atoms with Crippen molar-refractivity contribution in [2.24, 2.45) is 17.8 Å². The van der Waals surface area contributed by atoms with Crippen LogP contribution in [0.1, 0.15) is 25.7 Å². The number of rotatable bonds is 4. The number of hydrogen-bond donors (Lipinski definition) is 2. The molecule has 3 unspecified atom stereocenters. The molecule has 3 rings (SSSR count). The molecule has 3 atom stereocenters. The van der Waals surface area contributed by atoms with Gasteiger partial charge in [-0.1, -0.05) is 12.5 Å². The third-order valence-corrected chi connectivity index (χ3v) is 5.97. The van der Waals surface area contributed by atoms with Crippen LogP contribution in [0.4, 0.5) is 0 Å². The smallest absolute Gasteiger partial charge is 0.240 e. The number of fused-ring (bicyclic) bond motifs is 2. The summed E-state index contributed by atoms with van der Waals surface area (Å²) in [6.07, 6.45) is 5.01. The summed E-state index contributed by atoms with van der Waals surface area (Å²) in [5, 5.41) is 9.35. The molecule has 2 aliphatic rings. The average molecular weight is 281 g/mol. The highest BCUT2D eigenvalue weighted by Crippen LogP contribution is 2.48. The van der Waals surface area contributed by atoms with Crippen molar-refractivity contribution in [3.63, 3.8) is 0 Å². The van der Waals surface area contributed by atoms with E-state index in [1.807, 2.05) is 0 Å². The highest BCUT2D eigenvalue weighted by atomic mass is 32.2. The molecule has 5 heteroatoms. The molecule has 0 aliphatic heterocycles. The second-order valence-electron chi connectivity index (χ2n) is 5.78. The first-order valence-corrected chi connectivity index (χ1v) is 8.31. The number of phenolic OH excluding ortho intramolecular Hbond substituents is 1. The maximum absolute atomic E-state index is 12.1. The van der Waals surface area contributed by atoms with Gasteiger partial charge >= 0.3 is 0 Å². The van der Waals surface area contributed by atoms with Crippen LogP contribution in [0.25, 0.3) is 0 Å². The van der Waals surface area contributed by atoms with Gasteiger partial charge in [0.15, 0.2) is 0 Å². The molecule has 2 saturated carbocycles. The van der Waals surface area contributed by atoms with Gasteiger partial charge in [-0.3, -0.25) is 0 Å². The van der Waals surface area contributed by atoms with E-state index >= 15 is 0 Å². The Hall–Kier alpha value is -1.07. The molecule has 2 bridgehead atoms. The minimum absolute atomic E-state index is 0.0252. The van der Waals surface area contributed by atoms with Crippen LogP contribution in [0.5, 0.6) is 5.75 Å². The Balaban J connectivity index is 1.66. The van der Waals surface area contributed by atoms with Crippen LogP contribution < -0.4 is 4.72 Å². The molecule has 1 aromatic rings. The summed E-state index contributed by atoms with van der Waals surface area (Å²) in [5.74, 6) is 1.99. The van der Waals surface area contributed by atoms with Crippen LogP contribution in [0.2, 0.25) is 0 Å². The van der Waals surface area contributed by atoms with Gasteiger partial charge in [-0.2, -0.15) is 0 Å². The first kappa shape index (κ1) is 12.9. The molecule has 4 nitrogen and oxygen atoms in total. The lowest BCUT2D eigenvalue weighted by molar-refractivity contribution is 0.333. The zero-order valence-corrected chi connectivity index (χ0v) is 11.6. The van der Waals surface area contributed by atoms with Gasteiger partial charge < -0.3 is 5.11 Å². The lowest BCUT2D eigenvalue weighted by atomic mass is 9.89. The molecule has 0 aromatic heterocycles. The monoisotopic (exact) mass is 281 g/mol. The van der Waals surface area contributed by atoms with Crippen molar-refractivity contribution in [3.8, 4) is 5.75 Å². The molecule has 0 radical (unpaired) electrons. The zero-order chi connectivity index (χ0) is 13.5. The summed E-state index contributed by atoms with van der Waals surface area (Å²) in [6, 6.07) is 5.79. The Labute approximate surface area is 113 Å². The van der Waals surface area contributed by atoms with E-state index in [4.69, 9.17) is 0 Å². The van der Waals surface area contributed by atoms with Crippen molar-refractivity contribution >= 4 is 10.0 Å². The minimum atomic E-state index is -3.50. The molecule has 2 fully saturated rings. The lowest BCUT2D eigenvalue weighted by Crippen LogP contribution is -2.31. The minimum Gasteiger partial charge on any atom is -0.508 e. The molecule has 0 saturated heterocycles. The molecule has 0 spiro atoms. The fourth-order valence-electron chi connectivity index (χ4n) is 3.58. The lowest BCUT2D eigenvalue weighted by Gasteiger charge is -2.21. The van der Waals surface area contributed by atoms with Gasteiger partial charge in [-0.25, -0.2) is 13.1 Å². The first-order chi connectivity index (χ1) is 9.04. The second-order valence-corrected chi connectivity index (χ2v) is 7.55. The maximum atomic E-state index is 12.1. The normalized spacial score (nSPS) is 29.8. The van der Waals surface area contributed by atoms with Crippen LogP contribution in [-0.2, 0) is 10.0 Å². The van der Waals surface area contributed by atoms with E-state index < -0.39 is 10.0 Å². The van der Waals surface area contributed by atoms with Gasteiger partial charge in [0.2, 0.25) is 10.0 Å². The largest absolute Gasteiger partial charge is 0.508 e. The summed E-state index contributed by atoms with van der Waals surface area (Å²) in [4.78, 5) is 0.135. The van der Waals surface area contributed by atoms with Crippen molar-refractivity contribution in [2.45, 2.75) is 30.6 Å². The summed E-state index contributed by atoms with van der Waals surface area (Å²) < 4.78 is 26.9. The predicted molar refractivity (Wildman–Crippen MR) is 72.2 cm³/mol. The molecule has 0 amide bonds. The number of hydrogen-bond acceptors (Lipinski definition) is 3. The van der Waals surface area contributed by atoms with Gasteiger partial charge in [0.1, 0.15) is 5.75 Å². The quantitative estimate of drug-likeness (QED) is 0.888. The Morgan fingerprint density at radius 2 is 2.11 bits per heavy atom. The SMILES string of the molecule is O=S(=O)(NCC1CC2CCC1C2)c1cccc(O)c1. The fraction of sp³-hybridized carbons (Fsp3) is 0.571. The highest BCUT2D eigenvalue weighted by Gasteiger charge is 2.39. The average Bonchev–Trinajstić information content (AvgIpc) is 2.98. The van der Waals surface area contributed by atoms with Gasteiger partial charge in [-0.15, -0.1) is 0 Å². The van der Waals surface area contributed by atoms with Crippen molar-refractivity contribution < 1.29 is 13.5 Å². The van der Waals surface area contributed by atoms with Crippen LogP contribution >= 0.6 is 0 Å². The topological polar surface area (TPSA) is 66.4 Å². The molecule has 0 heterocycles. The molecule has 2 N–H and O–H groups in total. The summed E-state index contributed by atoms with van der Waals surface area (Å²) in [5.41, 5.74) is 0. The molecule has 1 aromatic carbocycles. The van der Waals surface area contributed by atoms with Crippen LogP contribution in [-0.4, -0.2) is 20.1 Å². The Morgan fingerprint density at radius 1 is 1.26 bits per heavy atom. The summed E-state index contributed by atoms with van der Waals surface area (Å²) in [6.45, 7) is 0.527. The van der Waals surface area contributed by atoms with E-state index in [2.05, 4.69) is 4.72 Å². The van der Waals surface area contributed by atoms with E-state index in [-0.39, 0.29) is 10.6 Å². The van der Waals surface area contributed by atoms with Crippen molar-refractivity contribution in [1.82, 2.24) is 4.72 Å². The highest BCUT2D eigenvalue weighted by molar-refractivity contribution is 7.89. The summed E-state index contributed by atoms with van der Waals surface area (Å²) in [7, 11) is -3.50. The van der Waals surface area contributed by atoms with E-state index in [1.54, 1.807) is 6.07 Å². The fourth-order valence-corrected chi connectivity index (χ4v) is 4.71. The van der Waals surface area contributed by atoms with Crippen LogP contribution in [0.3, 0.4) is 0 Å². The first-order valence-electron chi connectivity index (χ1n) is 6.83. The van der Waals surface area contributed by atoms with Crippen molar-refractivity contribution in [1.29, 1.82) is 0 Å². The van der Waals surface area contributed by atoms with E-state index in [9.17, 15) is 13.5 Å². The number of aromatic hydroxyl groups is 1. The molecule has 19 heavy (non-hydrogen) atoms. The number of phenols is 1. The van der Waals surface area contributed by atoms with Crippen LogP contribution in [0, 0.1) is 17.8 Å². The second kappa shape index (κ2) is 4.80. The van der Waals surface area contributed by atoms with Gasteiger partial charge in [0.25, 0.3) is 0 Å². The number of benzene rings is 1. The third-order valence-electron chi connectivity index (χ3n) is 4.55. The van der Waals surface area contributed by atoms with E-state index in [0.717, 1.165) is 12.3 Å². The zero-order valence-electron chi connectivity index (χ0n) is 10.7. The Morgan fingerprint density at radius 3 is 2.74 bits per heavy atom. The van der Waals surface area contributed by atoms with Crippen molar-refractivity contribution in [2.75, 3.05) is 6.54 Å². The third kappa shape index (κ3) is 2.62. The maximum Gasteiger partial charge on any atom is 0.240 e. The Bertz CT molecular complexity index is 570. The van der Waals surface area contributed by atoms with Gasteiger partial charge in [-0.05, 0) is 55.2 Å². The van der Waals surface area contributed by atoms with Crippen LogP contribution in [0.15, 0.2) is 29.2 Å².